The summed E-state index contributed by atoms with van der Waals surface area (Å²) in [5, 5.41) is 0. The lowest BCUT2D eigenvalue weighted by Gasteiger charge is -2.21. The van der Waals surface area contributed by atoms with Crippen LogP contribution in [0.5, 0.6) is 5.75 Å². The minimum absolute atomic E-state index is 0.130. The van der Waals surface area contributed by atoms with E-state index in [-0.39, 0.29) is 11.9 Å². The normalized spacial score (nSPS) is 12.3. The van der Waals surface area contributed by atoms with E-state index in [1.54, 1.807) is 7.11 Å². The van der Waals surface area contributed by atoms with Crippen molar-refractivity contribution in [2.75, 3.05) is 27.8 Å². The van der Waals surface area contributed by atoms with Crippen LogP contribution in [0.4, 0.5) is 0 Å². The number of rotatable bonds is 6. The van der Waals surface area contributed by atoms with E-state index in [0.29, 0.717) is 6.54 Å². The summed E-state index contributed by atoms with van der Waals surface area (Å²) in [5.74, 6) is 0.562. The van der Waals surface area contributed by atoms with Gasteiger partial charge in [-0.15, -0.1) is 0 Å². The van der Waals surface area contributed by atoms with E-state index in [2.05, 4.69) is 4.90 Å². The molecule has 0 amide bonds. The zero-order valence-electron chi connectivity index (χ0n) is 11.5. The van der Waals surface area contributed by atoms with Gasteiger partial charge in [-0.25, -0.2) is 0 Å². The number of benzene rings is 1. The van der Waals surface area contributed by atoms with Crippen LogP contribution in [0.25, 0.3) is 0 Å². The SMILES string of the molecule is COC(=O)C(C)CN(C)Cc1ccccc1OC. The Bertz CT molecular complexity index is 392. The van der Waals surface area contributed by atoms with Crippen molar-refractivity contribution in [3.05, 3.63) is 29.8 Å². The van der Waals surface area contributed by atoms with Crippen LogP contribution in [-0.4, -0.2) is 38.7 Å². The summed E-state index contributed by atoms with van der Waals surface area (Å²) in [5.41, 5.74) is 1.11. The first kappa shape index (κ1) is 14.5. The first-order valence-electron chi connectivity index (χ1n) is 5.96. The molecule has 0 aliphatic heterocycles. The van der Waals surface area contributed by atoms with Crippen molar-refractivity contribution < 1.29 is 14.3 Å². The van der Waals surface area contributed by atoms with Crippen LogP contribution in [-0.2, 0) is 16.1 Å². The minimum atomic E-state index is -0.179. The van der Waals surface area contributed by atoms with E-state index in [0.717, 1.165) is 17.9 Å². The molecule has 0 aliphatic carbocycles. The summed E-state index contributed by atoms with van der Waals surface area (Å²) in [6, 6.07) is 7.89. The highest BCUT2D eigenvalue weighted by Crippen LogP contribution is 2.19. The summed E-state index contributed by atoms with van der Waals surface area (Å²) in [6.45, 7) is 3.26. The summed E-state index contributed by atoms with van der Waals surface area (Å²) in [7, 11) is 5.06. The van der Waals surface area contributed by atoms with E-state index in [9.17, 15) is 4.79 Å². The molecule has 0 aromatic heterocycles. The first-order valence-corrected chi connectivity index (χ1v) is 5.96. The number of hydrogen-bond donors (Lipinski definition) is 0. The minimum Gasteiger partial charge on any atom is -0.496 e. The molecule has 0 bridgehead atoms. The first-order chi connectivity index (χ1) is 8.58. The molecule has 4 heteroatoms. The number of esters is 1. The number of para-hydroxylation sites is 1. The number of methoxy groups -OCH3 is 2. The molecule has 0 heterocycles. The van der Waals surface area contributed by atoms with Crippen molar-refractivity contribution in [1.82, 2.24) is 4.90 Å². The fraction of sp³-hybridized carbons (Fsp3) is 0.500. The summed E-state index contributed by atoms with van der Waals surface area (Å²) in [6.07, 6.45) is 0. The zero-order chi connectivity index (χ0) is 13.5. The molecule has 1 aromatic rings. The molecule has 18 heavy (non-hydrogen) atoms. The molecule has 0 spiro atoms. The summed E-state index contributed by atoms with van der Waals surface area (Å²) >= 11 is 0. The maximum Gasteiger partial charge on any atom is 0.309 e. The summed E-state index contributed by atoms with van der Waals surface area (Å²) in [4.78, 5) is 13.4. The molecule has 0 saturated carbocycles. The highest BCUT2D eigenvalue weighted by Gasteiger charge is 2.16. The van der Waals surface area contributed by atoms with E-state index in [4.69, 9.17) is 9.47 Å². The van der Waals surface area contributed by atoms with Gasteiger partial charge in [-0.1, -0.05) is 25.1 Å². The van der Waals surface area contributed by atoms with Gasteiger partial charge in [0.05, 0.1) is 20.1 Å². The number of nitrogens with zero attached hydrogens (tertiary/aromatic N) is 1. The molecule has 0 saturated heterocycles. The topological polar surface area (TPSA) is 38.8 Å². The van der Waals surface area contributed by atoms with Gasteiger partial charge in [0.15, 0.2) is 0 Å². The number of carbonyl (C=O) groups is 1. The third-order valence-corrected chi connectivity index (χ3v) is 2.82. The lowest BCUT2D eigenvalue weighted by atomic mass is 10.1. The molecule has 1 atom stereocenters. The van der Waals surface area contributed by atoms with Crippen molar-refractivity contribution in [2.24, 2.45) is 5.92 Å². The van der Waals surface area contributed by atoms with Crippen LogP contribution in [0.3, 0.4) is 0 Å². The second-order valence-corrected chi connectivity index (χ2v) is 4.43. The van der Waals surface area contributed by atoms with Gasteiger partial charge in [-0.05, 0) is 13.1 Å². The average Bonchev–Trinajstić information content (AvgIpc) is 2.38. The maximum absolute atomic E-state index is 11.3. The molecule has 4 nitrogen and oxygen atoms in total. The molecule has 0 fully saturated rings. The molecule has 0 aliphatic rings. The van der Waals surface area contributed by atoms with E-state index < -0.39 is 0 Å². The standard InChI is InChI=1S/C14H21NO3/c1-11(14(16)18-4)9-15(2)10-12-7-5-6-8-13(12)17-3/h5-8,11H,9-10H2,1-4H3. The Morgan fingerprint density at radius 2 is 2.00 bits per heavy atom. The second kappa shape index (κ2) is 7.01. The lowest BCUT2D eigenvalue weighted by Crippen LogP contribution is -2.29. The van der Waals surface area contributed by atoms with Gasteiger partial charge < -0.3 is 14.4 Å². The predicted octanol–water partition coefficient (Wildman–Crippen LogP) is 1.94. The fourth-order valence-corrected chi connectivity index (χ4v) is 1.93. The molecule has 1 rings (SSSR count). The number of carbonyl (C=O) groups excluding carboxylic acids is 1. The molecule has 0 radical (unpaired) electrons. The van der Waals surface area contributed by atoms with Crippen LogP contribution in [0, 0.1) is 5.92 Å². The van der Waals surface area contributed by atoms with Crippen molar-refractivity contribution in [1.29, 1.82) is 0 Å². The highest BCUT2D eigenvalue weighted by atomic mass is 16.5. The summed E-state index contributed by atoms with van der Waals surface area (Å²) < 4.78 is 10.0. The van der Waals surface area contributed by atoms with Gasteiger partial charge in [0, 0.05) is 18.7 Å². The fourth-order valence-electron chi connectivity index (χ4n) is 1.93. The van der Waals surface area contributed by atoms with Gasteiger partial charge in [0.1, 0.15) is 5.75 Å². The zero-order valence-corrected chi connectivity index (χ0v) is 11.5. The second-order valence-electron chi connectivity index (χ2n) is 4.43. The largest absolute Gasteiger partial charge is 0.496 e. The third kappa shape index (κ3) is 4.04. The molecular formula is C14H21NO3. The van der Waals surface area contributed by atoms with Crippen molar-refractivity contribution in [2.45, 2.75) is 13.5 Å². The molecule has 1 unspecified atom stereocenters. The van der Waals surface area contributed by atoms with Gasteiger partial charge >= 0.3 is 5.97 Å². The Balaban J connectivity index is 2.59. The van der Waals surface area contributed by atoms with Crippen molar-refractivity contribution in [3.63, 3.8) is 0 Å². The van der Waals surface area contributed by atoms with E-state index >= 15 is 0 Å². The molecule has 1 aromatic carbocycles. The van der Waals surface area contributed by atoms with Gasteiger partial charge in [-0.2, -0.15) is 0 Å². The Kier molecular flexibility index (Phi) is 5.65. The molecule has 0 N–H and O–H groups in total. The van der Waals surface area contributed by atoms with Gasteiger partial charge in [0.25, 0.3) is 0 Å². The van der Waals surface area contributed by atoms with Crippen LogP contribution in [0.2, 0.25) is 0 Å². The van der Waals surface area contributed by atoms with Crippen LogP contribution in [0.1, 0.15) is 12.5 Å². The van der Waals surface area contributed by atoms with Crippen LogP contribution in [0.15, 0.2) is 24.3 Å². The Morgan fingerprint density at radius 1 is 1.33 bits per heavy atom. The third-order valence-electron chi connectivity index (χ3n) is 2.82. The Labute approximate surface area is 108 Å². The molecule has 100 valence electrons. The Hall–Kier alpha value is -1.55. The number of hydrogen-bond acceptors (Lipinski definition) is 4. The lowest BCUT2D eigenvalue weighted by molar-refractivity contribution is -0.145. The van der Waals surface area contributed by atoms with Crippen LogP contribution < -0.4 is 4.74 Å². The monoisotopic (exact) mass is 251 g/mol. The highest BCUT2D eigenvalue weighted by molar-refractivity contribution is 5.72. The average molecular weight is 251 g/mol. The van der Waals surface area contributed by atoms with Crippen molar-refractivity contribution >= 4 is 5.97 Å². The number of ether oxygens (including phenoxy) is 2. The van der Waals surface area contributed by atoms with Crippen LogP contribution >= 0.6 is 0 Å². The predicted molar refractivity (Wildman–Crippen MR) is 70.5 cm³/mol. The van der Waals surface area contributed by atoms with E-state index in [1.165, 1.54) is 7.11 Å². The smallest absolute Gasteiger partial charge is 0.309 e. The van der Waals surface area contributed by atoms with Gasteiger partial charge in [-0.3, -0.25) is 4.79 Å². The van der Waals surface area contributed by atoms with E-state index in [1.807, 2.05) is 38.2 Å². The van der Waals surface area contributed by atoms with Crippen molar-refractivity contribution in [3.8, 4) is 5.75 Å². The van der Waals surface area contributed by atoms with Gasteiger partial charge in [0.2, 0.25) is 0 Å². The quantitative estimate of drug-likeness (QED) is 0.724. The Morgan fingerprint density at radius 3 is 2.61 bits per heavy atom. The molecular weight excluding hydrogens is 230 g/mol. The maximum atomic E-state index is 11.3.